The van der Waals surface area contributed by atoms with Crippen LogP contribution in [-0.4, -0.2) is 11.1 Å². The summed E-state index contributed by atoms with van der Waals surface area (Å²) in [6.45, 7) is 4.07. The Bertz CT molecular complexity index is 458. The maximum absolute atomic E-state index is 11.4. The number of hydrogen-bond acceptors (Lipinski definition) is 1. The van der Waals surface area contributed by atoms with Crippen molar-refractivity contribution in [2.24, 2.45) is 0 Å². The minimum Gasteiger partial charge on any atom is -0.478 e. The number of carbonyl (C=O) groups is 1. The summed E-state index contributed by atoms with van der Waals surface area (Å²) in [6, 6.07) is 8.05. The molecule has 1 aliphatic rings. The molecular weight excluding hydrogens is 200 g/mol. The van der Waals surface area contributed by atoms with Crippen LogP contribution in [-0.2, 0) is 4.79 Å². The molecule has 84 valence electrons. The molecule has 0 bridgehead atoms. The van der Waals surface area contributed by atoms with E-state index in [4.69, 9.17) is 0 Å². The van der Waals surface area contributed by atoms with Crippen molar-refractivity contribution >= 4 is 11.5 Å². The third-order valence-electron chi connectivity index (χ3n) is 3.33. The average molecular weight is 216 g/mol. The molecule has 0 saturated carbocycles. The summed E-state index contributed by atoms with van der Waals surface area (Å²) in [6.07, 6.45) is 1.64. The van der Waals surface area contributed by atoms with E-state index in [0.717, 1.165) is 24.0 Å². The Morgan fingerprint density at radius 2 is 2.00 bits per heavy atom. The van der Waals surface area contributed by atoms with E-state index in [9.17, 15) is 9.90 Å². The van der Waals surface area contributed by atoms with Gasteiger partial charge in [-0.15, -0.1) is 0 Å². The monoisotopic (exact) mass is 216 g/mol. The zero-order valence-corrected chi connectivity index (χ0v) is 9.66. The van der Waals surface area contributed by atoms with Gasteiger partial charge in [0.25, 0.3) is 0 Å². The second kappa shape index (κ2) is 4.12. The van der Waals surface area contributed by atoms with Crippen molar-refractivity contribution < 1.29 is 9.90 Å². The molecule has 0 radical (unpaired) electrons. The van der Waals surface area contributed by atoms with Crippen molar-refractivity contribution in [2.45, 2.75) is 32.6 Å². The molecule has 1 aromatic rings. The van der Waals surface area contributed by atoms with Crippen molar-refractivity contribution in [3.8, 4) is 0 Å². The van der Waals surface area contributed by atoms with Crippen LogP contribution in [0, 0.1) is 0 Å². The molecule has 0 aliphatic heterocycles. The Morgan fingerprint density at radius 3 is 2.56 bits per heavy atom. The van der Waals surface area contributed by atoms with Crippen LogP contribution >= 0.6 is 0 Å². The number of hydrogen-bond donors (Lipinski definition) is 1. The van der Waals surface area contributed by atoms with Crippen molar-refractivity contribution in [1.82, 2.24) is 0 Å². The highest BCUT2D eigenvalue weighted by Crippen LogP contribution is 2.44. The topological polar surface area (TPSA) is 37.3 Å². The molecule has 1 N–H and O–H groups in total. The van der Waals surface area contributed by atoms with Crippen molar-refractivity contribution in [3.63, 3.8) is 0 Å². The molecule has 1 aliphatic carbocycles. The Balaban J connectivity index is 2.63. The highest BCUT2D eigenvalue weighted by Gasteiger charge is 2.32. The molecule has 16 heavy (non-hydrogen) atoms. The number of carboxylic acid groups (broad SMARTS) is 1. The van der Waals surface area contributed by atoms with E-state index in [2.05, 4.69) is 6.07 Å². The average Bonchev–Trinajstić information content (AvgIpc) is 2.62. The molecule has 2 nitrogen and oxygen atoms in total. The maximum Gasteiger partial charge on any atom is 0.332 e. The molecule has 0 heterocycles. The first kappa shape index (κ1) is 10.9. The fraction of sp³-hybridized carbons (Fsp3) is 0.357. The van der Waals surface area contributed by atoms with Gasteiger partial charge in [-0.1, -0.05) is 38.1 Å². The van der Waals surface area contributed by atoms with Crippen LogP contribution in [0.1, 0.15) is 43.7 Å². The van der Waals surface area contributed by atoms with Gasteiger partial charge in [-0.25, -0.2) is 4.79 Å². The van der Waals surface area contributed by atoms with Crippen LogP contribution in [0.3, 0.4) is 0 Å². The van der Waals surface area contributed by atoms with Crippen LogP contribution in [0.15, 0.2) is 29.8 Å². The summed E-state index contributed by atoms with van der Waals surface area (Å²) in [5.74, 6) is -0.691. The van der Waals surface area contributed by atoms with Gasteiger partial charge in [0.2, 0.25) is 0 Å². The summed E-state index contributed by atoms with van der Waals surface area (Å²) in [4.78, 5) is 11.4. The van der Waals surface area contributed by atoms with E-state index in [1.165, 1.54) is 5.56 Å². The van der Waals surface area contributed by atoms with Gasteiger partial charge in [0.1, 0.15) is 0 Å². The SMILES string of the molecule is CCC1=C(C(=O)O)C(CC)c2ccccc21. The first-order valence-corrected chi connectivity index (χ1v) is 5.76. The van der Waals surface area contributed by atoms with Crippen LogP contribution in [0.5, 0.6) is 0 Å². The molecular formula is C14H16O2. The zero-order valence-electron chi connectivity index (χ0n) is 9.66. The normalized spacial score (nSPS) is 18.8. The fourth-order valence-corrected chi connectivity index (χ4v) is 2.67. The molecule has 0 saturated heterocycles. The maximum atomic E-state index is 11.4. The first-order valence-electron chi connectivity index (χ1n) is 5.76. The van der Waals surface area contributed by atoms with Crippen LogP contribution in [0.25, 0.3) is 5.57 Å². The van der Waals surface area contributed by atoms with Gasteiger partial charge in [0, 0.05) is 11.5 Å². The number of allylic oxidation sites excluding steroid dienone is 1. The number of aliphatic carboxylic acids is 1. The van der Waals surface area contributed by atoms with Gasteiger partial charge in [-0.05, 0) is 29.5 Å². The van der Waals surface area contributed by atoms with Crippen LogP contribution in [0.4, 0.5) is 0 Å². The van der Waals surface area contributed by atoms with E-state index in [1.807, 2.05) is 32.0 Å². The van der Waals surface area contributed by atoms with E-state index in [1.54, 1.807) is 0 Å². The molecule has 0 spiro atoms. The first-order chi connectivity index (χ1) is 7.70. The quantitative estimate of drug-likeness (QED) is 0.840. The Kier molecular flexibility index (Phi) is 2.82. The van der Waals surface area contributed by atoms with Gasteiger partial charge in [0.05, 0.1) is 0 Å². The number of carboxylic acids is 1. The molecule has 0 aromatic heterocycles. The largest absolute Gasteiger partial charge is 0.478 e. The van der Waals surface area contributed by atoms with Crippen molar-refractivity contribution in [3.05, 3.63) is 41.0 Å². The Labute approximate surface area is 95.6 Å². The second-order valence-corrected chi connectivity index (χ2v) is 4.10. The molecule has 0 fully saturated rings. The molecule has 1 aromatic carbocycles. The van der Waals surface area contributed by atoms with Crippen molar-refractivity contribution in [1.29, 1.82) is 0 Å². The summed E-state index contributed by atoms with van der Waals surface area (Å²) >= 11 is 0. The van der Waals surface area contributed by atoms with Gasteiger partial charge in [0.15, 0.2) is 0 Å². The zero-order chi connectivity index (χ0) is 11.7. The Morgan fingerprint density at radius 1 is 1.31 bits per heavy atom. The van der Waals surface area contributed by atoms with Gasteiger partial charge in [-0.3, -0.25) is 0 Å². The third-order valence-corrected chi connectivity index (χ3v) is 3.33. The fourth-order valence-electron chi connectivity index (χ4n) is 2.67. The predicted octanol–water partition coefficient (Wildman–Crippen LogP) is 3.44. The molecule has 2 heteroatoms. The highest BCUT2D eigenvalue weighted by atomic mass is 16.4. The number of rotatable bonds is 3. The molecule has 1 atom stereocenters. The minimum atomic E-state index is -0.764. The lowest BCUT2D eigenvalue weighted by atomic mass is 9.93. The summed E-state index contributed by atoms with van der Waals surface area (Å²) in [5, 5.41) is 9.33. The van der Waals surface area contributed by atoms with Crippen LogP contribution in [0.2, 0.25) is 0 Å². The van der Waals surface area contributed by atoms with Gasteiger partial charge in [-0.2, -0.15) is 0 Å². The smallest absolute Gasteiger partial charge is 0.332 e. The van der Waals surface area contributed by atoms with Crippen LogP contribution < -0.4 is 0 Å². The molecule has 1 unspecified atom stereocenters. The lowest BCUT2D eigenvalue weighted by Crippen LogP contribution is -2.07. The Hall–Kier alpha value is -1.57. The highest BCUT2D eigenvalue weighted by molar-refractivity contribution is 6.01. The van der Waals surface area contributed by atoms with E-state index >= 15 is 0 Å². The third kappa shape index (κ3) is 1.45. The summed E-state index contributed by atoms with van der Waals surface area (Å²) < 4.78 is 0. The van der Waals surface area contributed by atoms with Gasteiger partial charge >= 0.3 is 5.97 Å². The molecule has 2 rings (SSSR count). The predicted molar refractivity (Wildman–Crippen MR) is 64.3 cm³/mol. The summed E-state index contributed by atoms with van der Waals surface area (Å²) in [5.41, 5.74) is 3.93. The van der Waals surface area contributed by atoms with E-state index in [0.29, 0.717) is 5.57 Å². The van der Waals surface area contributed by atoms with Gasteiger partial charge < -0.3 is 5.11 Å². The lowest BCUT2D eigenvalue weighted by molar-refractivity contribution is -0.132. The summed E-state index contributed by atoms with van der Waals surface area (Å²) in [7, 11) is 0. The molecule has 0 amide bonds. The van der Waals surface area contributed by atoms with Crippen molar-refractivity contribution in [2.75, 3.05) is 0 Å². The number of benzene rings is 1. The number of fused-ring (bicyclic) bond motifs is 1. The van der Waals surface area contributed by atoms with E-state index in [-0.39, 0.29) is 5.92 Å². The second-order valence-electron chi connectivity index (χ2n) is 4.10. The standard InChI is InChI=1S/C14H16O2/c1-3-9-11-7-5-6-8-12(11)10(4-2)13(9)14(15)16/h5-9H,3-4H2,1-2H3,(H,15,16). The lowest BCUT2D eigenvalue weighted by Gasteiger charge is -2.10. The van der Waals surface area contributed by atoms with E-state index < -0.39 is 5.97 Å². The minimum absolute atomic E-state index is 0.0728.